The molecule has 5 nitrogen and oxygen atoms in total. The Hall–Kier alpha value is -2.47. The minimum Gasteiger partial charge on any atom is -0.352 e. The molecule has 2 aromatic heterocycles. The van der Waals surface area contributed by atoms with Crippen LogP contribution in [-0.2, 0) is 30.5 Å². The van der Waals surface area contributed by atoms with Crippen LogP contribution < -0.4 is 4.90 Å². The number of amides is 1. The standard InChI is InChI=1S/C25H30N4OS/c1-18(30)28-14-16-29(17-15-28)24-23-20-10-6-3-7-11-21(20)31-25(23)27-22(26-24)13-12-19-8-4-2-5-9-19/h2,4-5,8-9H,3,6-7,10-17H2,1H3. The Morgan fingerprint density at radius 3 is 2.52 bits per heavy atom. The normalized spacial score (nSPS) is 16.9. The number of thiophene rings is 1. The van der Waals surface area contributed by atoms with Crippen molar-refractivity contribution in [3.63, 3.8) is 0 Å². The van der Waals surface area contributed by atoms with Crippen molar-refractivity contribution in [1.82, 2.24) is 14.9 Å². The maximum atomic E-state index is 11.8. The number of aromatic nitrogens is 2. The van der Waals surface area contributed by atoms with Crippen LogP contribution in [0.25, 0.3) is 10.2 Å². The van der Waals surface area contributed by atoms with E-state index in [-0.39, 0.29) is 5.91 Å². The maximum absolute atomic E-state index is 11.8. The number of aryl methyl sites for hydroxylation is 4. The number of carbonyl (C=O) groups excluding carboxylic acids is 1. The Labute approximate surface area is 188 Å². The van der Waals surface area contributed by atoms with Crippen molar-refractivity contribution in [3.05, 3.63) is 52.2 Å². The molecular weight excluding hydrogens is 404 g/mol. The maximum Gasteiger partial charge on any atom is 0.219 e. The Bertz CT molecular complexity index is 1070. The van der Waals surface area contributed by atoms with Crippen molar-refractivity contribution >= 4 is 33.3 Å². The smallest absolute Gasteiger partial charge is 0.219 e. The van der Waals surface area contributed by atoms with Crippen molar-refractivity contribution in [1.29, 1.82) is 0 Å². The molecule has 6 heteroatoms. The number of rotatable bonds is 4. The molecule has 1 amide bonds. The number of piperazine rings is 1. The van der Waals surface area contributed by atoms with Crippen LogP contribution in [0.4, 0.5) is 5.82 Å². The molecule has 1 saturated heterocycles. The van der Waals surface area contributed by atoms with E-state index >= 15 is 0 Å². The second-order valence-electron chi connectivity index (χ2n) is 8.69. The van der Waals surface area contributed by atoms with E-state index in [1.165, 1.54) is 47.1 Å². The van der Waals surface area contributed by atoms with Crippen molar-refractivity contribution in [3.8, 4) is 0 Å². The van der Waals surface area contributed by atoms with Crippen LogP contribution in [0, 0.1) is 0 Å². The Kier molecular flexibility index (Phi) is 5.90. The SMILES string of the molecule is CC(=O)N1CCN(c2nc(CCc3ccccc3)nc3sc4c(c23)CCCCC4)CC1. The third-order valence-corrected chi connectivity index (χ3v) is 7.78. The first-order valence-corrected chi connectivity index (χ1v) is 12.4. The number of anilines is 1. The van der Waals surface area contributed by atoms with E-state index < -0.39 is 0 Å². The molecule has 5 rings (SSSR count). The summed E-state index contributed by atoms with van der Waals surface area (Å²) in [6, 6.07) is 10.6. The zero-order valence-electron chi connectivity index (χ0n) is 18.3. The van der Waals surface area contributed by atoms with Gasteiger partial charge in [-0.15, -0.1) is 11.3 Å². The van der Waals surface area contributed by atoms with Crippen LogP contribution in [0.1, 0.15) is 48.0 Å². The van der Waals surface area contributed by atoms with Gasteiger partial charge in [-0.1, -0.05) is 36.8 Å². The topological polar surface area (TPSA) is 49.3 Å². The zero-order chi connectivity index (χ0) is 21.2. The van der Waals surface area contributed by atoms with E-state index in [2.05, 4.69) is 35.2 Å². The highest BCUT2D eigenvalue weighted by molar-refractivity contribution is 7.19. The summed E-state index contributed by atoms with van der Waals surface area (Å²) < 4.78 is 0. The van der Waals surface area contributed by atoms with Crippen molar-refractivity contribution < 1.29 is 4.79 Å². The molecule has 2 aliphatic rings. The first kappa shape index (κ1) is 20.4. The number of fused-ring (bicyclic) bond motifs is 3. The molecule has 162 valence electrons. The monoisotopic (exact) mass is 434 g/mol. The average molecular weight is 435 g/mol. The number of benzene rings is 1. The lowest BCUT2D eigenvalue weighted by atomic mass is 10.1. The number of hydrogen-bond acceptors (Lipinski definition) is 5. The summed E-state index contributed by atoms with van der Waals surface area (Å²) in [7, 11) is 0. The predicted molar refractivity (Wildman–Crippen MR) is 127 cm³/mol. The highest BCUT2D eigenvalue weighted by atomic mass is 32.1. The van der Waals surface area contributed by atoms with Gasteiger partial charge in [-0.25, -0.2) is 9.97 Å². The molecule has 0 radical (unpaired) electrons. The van der Waals surface area contributed by atoms with Crippen molar-refractivity contribution in [2.45, 2.75) is 51.9 Å². The first-order chi connectivity index (χ1) is 15.2. The lowest BCUT2D eigenvalue weighted by molar-refractivity contribution is -0.129. The molecule has 3 aromatic rings. The third-order valence-electron chi connectivity index (χ3n) is 6.60. The Morgan fingerprint density at radius 1 is 0.968 bits per heavy atom. The molecule has 0 bridgehead atoms. The van der Waals surface area contributed by atoms with Gasteiger partial charge < -0.3 is 9.80 Å². The minimum absolute atomic E-state index is 0.167. The second kappa shape index (κ2) is 8.95. The molecule has 0 atom stereocenters. The largest absolute Gasteiger partial charge is 0.352 e. The molecule has 1 aliphatic carbocycles. The predicted octanol–water partition coefficient (Wildman–Crippen LogP) is 4.41. The molecular formula is C25H30N4OS. The highest BCUT2D eigenvalue weighted by Gasteiger charge is 2.26. The zero-order valence-corrected chi connectivity index (χ0v) is 19.1. The summed E-state index contributed by atoms with van der Waals surface area (Å²) in [4.78, 5) is 29.0. The molecule has 0 spiro atoms. The molecule has 0 saturated carbocycles. The van der Waals surface area contributed by atoms with Gasteiger partial charge in [0.05, 0.1) is 5.39 Å². The van der Waals surface area contributed by atoms with Crippen LogP contribution in [0.2, 0.25) is 0 Å². The Balaban J connectivity index is 1.50. The molecule has 1 fully saturated rings. The van der Waals surface area contributed by atoms with Crippen LogP contribution in [0.3, 0.4) is 0 Å². The summed E-state index contributed by atoms with van der Waals surface area (Å²) in [6.45, 7) is 4.89. The van der Waals surface area contributed by atoms with Gasteiger partial charge in [-0.2, -0.15) is 0 Å². The summed E-state index contributed by atoms with van der Waals surface area (Å²) >= 11 is 1.89. The van der Waals surface area contributed by atoms with Crippen molar-refractivity contribution in [2.75, 3.05) is 31.1 Å². The van der Waals surface area contributed by atoms with Crippen LogP contribution >= 0.6 is 11.3 Å². The van der Waals surface area contributed by atoms with Gasteiger partial charge in [0.25, 0.3) is 0 Å². The van der Waals surface area contributed by atoms with Gasteiger partial charge in [0, 0.05) is 44.4 Å². The average Bonchev–Trinajstić information content (AvgIpc) is 2.98. The van der Waals surface area contributed by atoms with E-state index in [1.807, 2.05) is 16.2 Å². The van der Waals surface area contributed by atoms with Gasteiger partial charge >= 0.3 is 0 Å². The van der Waals surface area contributed by atoms with E-state index in [1.54, 1.807) is 6.92 Å². The third kappa shape index (κ3) is 4.31. The van der Waals surface area contributed by atoms with E-state index in [4.69, 9.17) is 9.97 Å². The van der Waals surface area contributed by atoms with Crippen molar-refractivity contribution in [2.24, 2.45) is 0 Å². The fraction of sp³-hybridized carbons (Fsp3) is 0.480. The van der Waals surface area contributed by atoms with E-state index in [9.17, 15) is 4.79 Å². The lowest BCUT2D eigenvalue weighted by Crippen LogP contribution is -2.48. The number of nitrogens with zero attached hydrogens (tertiary/aromatic N) is 4. The summed E-state index contributed by atoms with van der Waals surface area (Å²) in [5.41, 5.74) is 2.82. The van der Waals surface area contributed by atoms with Gasteiger partial charge in [0.2, 0.25) is 5.91 Å². The molecule has 31 heavy (non-hydrogen) atoms. The van der Waals surface area contributed by atoms with Crippen LogP contribution in [0.5, 0.6) is 0 Å². The molecule has 3 heterocycles. The lowest BCUT2D eigenvalue weighted by Gasteiger charge is -2.35. The molecule has 1 aliphatic heterocycles. The molecule has 1 aromatic carbocycles. The minimum atomic E-state index is 0.167. The van der Waals surface area contributed by atoms with Crippen LogP contribution in [0.15, 0.2) is 30.3 Å². The summed E-state index contributed by atoms with van der Waals surface area (Å²) in [6.07, 6.45) is 7.96. The fourth-order valence-corrected chi connectivity index (χ4v) is 6.11. The fourth-order valence-electron chi connectivity index (χ4n) is 4.83. The first-order valence-electron chi connectivity index (χ1n) is 11.5. The van der Waals surface area contributed by atoms with E-state index in [0.29, 0.717) is 0 Å². The quantitative estimate of drug-likeness (QED) is 0.571. The summed E-state index contributed by atoms with van der Waals surface area (Å²) in [5.74, 6) is 2.22. The van der Waals surface area contributed by atoms with Gasteiger partial charge in [0.1, 0.15) is 16.5 Å². The number of carbonyl (C=O) groups is 1. The molecule has 0 N–H and O–H groups in total. The Morgan fingerprint density at radius 2 is 1.74 bits per heavy atom. The highest BCUT2D eigenvalue weighted by Crippen LogP contribution is 2.39. The molecule has 0 unspecified atom stereocenters. The second-order valence-corrected chi connectivity index (χ2v) is 9.77. The van der Waals surface area contributed by atoms with Gasteiger partial charge in [-0.05, 0) is 43.2 Å². The van der Waals surface area contributed by atoms with Gasteiger partial charge in [0.15, 0.2) is 0 Å². The van der Waals surface area contributed by atoms with Crippen LogP contribution in [-0.4, -0.2) is 47.0 Å². The number of hydrogen-bond donors (Lipinski definition) is 0. The van der Waals surface area contributed by atoms with E-state index in [0.717, 1.165) is 61.9 Å². The summed E-state index contributed by atoms with van der Waals surface area (Å²) in [5, 5.41) is 1.29. The van der Waals surface area contributed by atoms with Gasteiger partial charge in [-0.3, -0.25) is 4.79 Å².